The van der Waals surface area contributed by atoms with E-state index in [-0.39, 0.29) is 36.4 Å². The molecule has 2 aromatic rings. The zero-order chi connectivity index (χ0) is 17.5. The van der Waals surface area contributed by atoms with E-state index in [0.717, 1.165) is 19.0 Å². The number of furan rings is 1. The molecule has 9 nitrogen and oxygen atoms in total. The van der Waals surface area contributed by atoms with Gasteiger partial charge in [0.25, 0.3) is 0 Å². The number of amides is 1. The minimum absolute atomic E-state index is 0. The number of aliphatic imine (C=N–C) groups is 1. The Hall–Kier alpha value is -2.37. The van der Waals surface area contributed by atoms with Gasteiger partial charge < -0.3 is 25.3 Å². The predicted octanol–water partition coefficient (Wildman–Crippen LogP) is 0.441. The topological polar surface area (TPSA) is 113 Å². The molecule has 3 heterocycles. The van der Waals surface area contributed by atoms with E-state index in [1.165, 1.54) is 0 Å². The summed E-state index contributed by atoms with van der Waals surface area (Å²) in [6.07, 6.45) is 5.02. The lowest BCUT2D eigenvalue weighted by molar-refractivity contribution is -0.119. The summed E-state index contributed by atoms with van der Waals surface area (Å²) in [5.74, 6) is 1.59. The van der Waals surface area contributed by atoms with Crippen molar-refractivity contribution in [1.82, 2.24) is 20.2 Å². The second-order valence-corrected chi connectivity index (χ2v) is 5.55. The number of rotatable bonds is 5. The van der Waals surface area contributed by atoms with Crippen molar-refractivity contribution >= 4 is 41.8 Å². The van der Waals surface area contributed by atoms with Crippen LogP contribution in [0.25, 0.3) is 0 Å². The van der Waals surface area contributed by atoms with E-state index >= 15 is 0 Å². The van der Waals surface area contributed by atoms with E-state index in [4.69, 9.17) is 10.2 Å². The molecule has 0 atom stereocenters. The minimum atomic E-state index is -0.198. The van der Waals surface area contributed by atoms with Crippen molar-refractivity contribution in [2.24, 2.45) is 10.7 Å². The molecule has 3 N–H and O–H groups in total. The highest BCUT2D eigenvalue weighted by Gasteiger charge is 2.20. The van der Waals surface area contributed by atoms with Gasteiger partial charge in [-0.05, 0) is 18.2 Å². The number of carbonyl (C=O) groups excluding carboxylic acids is 1. The van der Waals surface area contributed by atoms with Crippen LogP contribution >= 0.6 is 24.0 Å². The quantitative estimate of drug-likeness (QED) is 0.370. The highest BCUT2D eigenvalue weighted by atomic mass is 127. The molecule has 0 bridgehead atoms. The van der Waals surface area contributed by atoms with Crippen molar-refractivity contribution in [3.05, 3.63) is 42.6 Å². The largest absolute Gasteiger partial charge is 0.467 e. The van der Waals surface area contributed by atoms with Crippen LogP contribution in [0, 0.1) is 0 Å². The molecule has 0 spiro atoms. The zero-order valence-corrected chi connectivity index (χ0v) is 16.6. The molecular formula is C16H22IN7O2. The normalized spacial score (nSPS) is 14.7. The van der Waals surface area contributed by atoms with E-state index in [0.29, 0.717) is 31.4 Å². The summed E-state index contributed by atoms with van der Waals surface area (Å²) in [5.41, 5.74) is 6.00. The van der Waals surface area contributed by atoms with Crippen molar-refractivity contribution in [3.8, 4) is 0 Å². The maximum Gasteiger partial charge on any atom is 0.242 e. The molecule has 0 aliphatic carbocycles. The van der Waals surface area contributed by atoms with Crippen LogP contribution in [0.5, 0.6) is 0 Å². The maximum atomic E-state index is 11.8. The number of nitrogens with one attached hydrogen (secondary N) is 1. The van der Waals surface area contributed by atoms with Crippen molar-refractivity contribution in [3.63, 3.8) is 0 Å². The first-order valence-electron chi connectivity index (χ1n) is 8.08. The first-order chi connectivity index (χ1) is 12.2. The number of nitrogens with zero attached hydrogens (tertiary/aromatic N) is 5. The SMILES string of the molecule is I.NC(=NCC(=O)NCc1ccco1)N1CCN(c2ncccn2)CC1. The molecule has 1 amide bonds. The molecule has 140 valence electrons. The van der Waals surface area contributed by atoms with Gasteiger partial charge in [0.05, 0.1) is 12.8 Å². The Bertz CT molecular complexity index is 701. The molecule has 0 aromatic carbocycles. The number of guanidine groups is 1. The van der Waals surface area contributed by atoms with Crippen LogP contribution in [0.3, 0.4) is 0 Å². The first kappa shape index (κ1) is 19.9. The smallest absolute Gasteiger partial charge is 0.242 e. The van der Waals surface area contributed by atoms with Gasteiger partial charge in [-0.1, -0.05) is 0 Å². The molecule has 26 heavy (non-hydrogen) atoms. The van der Waals surface area contributed by atoms with Gasteiger partial charge in [-0.2, -0.15) is 0 Å². The van der Waals surface area contributed by atoms with Gasteiger partial charge in [0.2, 0.25) is 11.9 Å². The lowest BCUT2D eigenvalue weighted by atomic mass is 10.3. The van der Waals surface area contributed by atoms with Crippen LogP contribution in [-0.4, -0.2) is 59.5 Å². The Morgan fingerprint density at radius 1 is 1.23 bits per heavy atom. The second kappa shape index (κ2) is 9.94. The van der Waals surface area contributed by atoms with Gasteiger partial charge in [0, 0.05) is 38.6 Å². The number of hydrogen-bond acceptors (Lipinski definition) is 6. The average molecular weight is 471 g/mol. The van der Waals surface area contributed by atoms with Crippen molar-refractivity contribution < 1.29 is 9.21 Å². The van der Waals surface area contributed by atoms with Crippen molar-refractivity contribution in [2.75, 3.05) is 37.6 Å². The molecule has 10 heteroatoms. The van der Waals surface area contributed by atoms with E-state index in [1.54, 1.807) is 36.9 Å². The Morgan fingerprint density at radius 2 is 1.96 bits per heavy atom. The van der Waals surface area contributed by atoms with E-state index in [1.807, 2.05) is 4.90 Å². The number of hydrogen-bond donors (Lipinski definition) is 2. The van der Waals surface area contributed by atoms with Gasteiger partial charge >= 0.3 is 0 Å². The molecular weight excluding hydrogens is 449 g/mol. The fourth-order valence-electron chi connectivity index (χ4n) is 2.50. The molecule has 1 aliphatic rings. The maximum absolute atomic E-state index is 11.8. The van der Waals surface area contributed by atoms with E-state index in [9.17, 15) is 4.79 Å². The number of halogens is 1. The lowest BCUT2D eigenvalue weighted by Crippen LogP contribution is -2.51. The van der Waals surface area contributed by atoms with Gasteiger partial charge in [0.1, 0.15) is 12.3 Å². The monoisotopic (exact) mass is 471 g/mol. The zero-order valence-electron chi connectivity index (χ0n) is 14.2. The summed E-state index contributed by atoms with van der Waals surface area (Å²) >= 11 is 0. The summed E-state index contributed by atoms with van der Waals surface area (Å²) in [6, 6.07) is 5.37. The molecule has 3 rings (SSSR count). The van der Waals surface area contributed by atoms with Crippen LogP contribution in [0.15, 0.2) is 46.3 Å². The molecule has 0 unspecified atom stereocenters. The average Bonchev–Trinajstić information content (AvgIpc) is 3.19. The third kappa shape index (κ3) is 5.58. The van der Waals surface area contributed by atoms with Gasteiger partial charge in [-0.25, -0.2) is 15.0 Å². The highest BCUT2D eigenvalue weighted by molar-refractivity contribution is 14.0. The third-order valence-corrected chi connectivity index (χ3v) is 3.86. The number of aromatic nitrogens is 2. The summed E-state index contributed by atoms with van der Waals surface area (Å²) in [6.45, 7) is 3.27. The minimum Gasteiger partial charge on any atom is -0.467 e. The van der Waals surface area contributed by atoms with Crippen LogP contribution in [0.4, 0.5) is 5.95 Å². The van der Waals surface area contributed by atoms with Crippen LogP contribution < -0.4 is 16.0 Å². The number of anilines is 1. The molecule has 1 saturated heterocycles. The Balaban J connectivity index is 0.00000243. The van der Waals surface area contributed by atoms with Gasteiger partial charge in [-0.3, -0.25) is 4.79 Å². The number of piperazine rings is 1. The second-order valence-electron chi connectivity index (χ2n) is 5.55. The van der Waals surface area contributed by atoms with Crippen LogP contribution in [0.1, 0.15) is 5.76 Å². The Labute approximate surface area is 168 Å². The first-order valence-corrected chi connectivity index (χ1v) is 8.08. The van der Waals surface area contributed by atoms with E-state index < -0.39 is 0 Å². The van der Waals surface area contributed by atoms with Gasteiger partial charge in [-0.15, -0.1) is 24.0 Å². The fourth-order valence-corrected chi connectivity index (χ4v) is 2.50. The number of carbonyl (C=O) groups is 1. The van der Waals surface area contributed by atoms with E-state index in [2.05, 4.69) is 25.2 Å². The summed E-state index contributed by atoms with van der Waals surface area (Å²) in [4.78, 5) is 28.5. The summed E-state index contributed by atoms with van der Waals surface area (Å²) in [7, 11) is 0. The van der Waals surface area contributed by atoms with Crippen molar-refractivity contribution in [2.45, 2.75) is 6.54 Å². The standard InChI is InChI=1S/C16H21N7O2.HI/c17-15(21-12-14(24)20-11-13-3-1-10-25-13)22-6-8-23(9-7-22)16-18-4-2-5-19-16;/h1-5,10H,6-9,11-12H2,(H2,17,21)(H,20,24);1H. The molecule has 0 radical (unpaired) electrons. The van der Waals surface area contributed by atoms with Crippen LogP contribution in [-0.2, 0) is 11.3 Å². The van der Waals surface area contributed by atoms with Crippen molar-refractivity contribution in [1.29, 1.82) is 0 Å². The Kier molecular flexibility index (Phi) is 7.63. The fraction of sp³-hybridized carbons (Fsp3) is 0.375. The summed E-state index contributed by atoms with van der Waals surface area (Å²) < 4.78 is 5.15. The molecule has 2 aromatic heterocycles. The summed E-state index contributed by atoms with van der Waals surface area (Å²) in [5, 5.41) is 2.73. The molecule has 1 aliphatic heterocycles. The highest BCUT2D eigenvalue weighted by Crippen LogP contribution is 2.09. The molecule has 1 fully saturated rings. The predicted molar refractivity (Wildman–Crippen MR) is 108 cm³/mol. The van der Waals surface area contributed by atoms with Gasteiger partial charge in [0.15, 0.2) is 5.96 Å². The Morgan fingerprint density at radius 3 is 2.62 bits per heavy atom. The molecule has 0 saturated carbocycles. The third-order valence-electron chi connectivity index (χ3n) is 3.86. The van der Waals surface area contributed by atoms with Crippen LogP contribution in [0.2, 0.25) is 0 Å². The number of nitrogens with two attached hydrogens (primary N) is 1. The lowest BCUT2D eigenvalue weighted by Gasteiger charge is -2.35.